The van der Waals surface area contributed by atoms with Crippen molar-refractivity contribution in [3.05, 3.63) is 59.8 Å². The Hall–Kier alpha value is -3.26. The maximum Gasteiger partial charge on any atom is 0.198 e. The molecule has 0 fully saturated rings. The van der Waals surface area contributed by atoms with E-state index < -0.39 is 0 Å². The second-order valence-corrected chi connectivity index (χ2v) is 6.47. The van der Waals surface area contributed by atoms with Gasteiger partial charge < -0.3 is 9.84 Å². The number of pyridine rings is 1. The minimum Gasteiger partial charge on any atom is -0.493 e. The Morgan fingerprint density at radius 3 is 2.57 bits per heavy atom. The molecule has 4 rings (SSSR count). The Morgan fingerprint density at radius 2 is 1.82 bits per heavy atom. The number of aromatic nitrogens is 6. The maximum absolute atomic E-state index is 9.36. The fraction of sp³-hybridized carbons (Fsp3) is 0.300. The molecule has 1 N–H and O–H groups in total. The standard InChI is InChI=1S/C20H22N6O2/c1-14-8-9-16(28-2)20-21-17(23-26(14)20)10-11-18-22-19(24-25(18)12-13-27)15-6-4-3-5-7-15/h3-9,27H,10-13H2,1-2H3. The van der Waals surface area contributed by atoms with Crippen LogP contribution in [0.2, 0.25) is 0 Å². The second-order valence-electron chi connectivity index (χ2n) is 6.47. The van der Waals surface area contributed by atoms with E-state index in [1.165, 1.54) is 0 Å². The van der Waals surface area contributed by atoms with E-state index in [-0.39, 0.29) is 6.61 Å². The van der Waals surface area contributed by atoms with Gasteiger partial charge in [0.05, 0.1) is 20.3 Å². The molecule has 4 aromatic rings. The predicted molar refractivity (Wildman–Crippen MR) is 104 cm³/mol. The van der Waals surface area contributed by atoms with Crippen molar-refractivity contribution in [2.24, 2.45) is 0 Å². The van der Waals surface area contributed by atoms with Gasteiger partial charge in [-0.05, 0) is 19.1 Å². The van der Waals surface area contributed by atoms with Crippen LogP contribution < -0.4 is 4.74 Å². The van der Waals surface area contributed by atoms with Crippen molar-refractivity contribution >= 4 is 5.65 Å². The normalized spacial score (nSPS) is 11.2. The highest BCUT2D eigenvalue weighted by molar-refractivity contribution is 5.54. The summed E-state index contributed by atoms with van der Waals surface area (Å²) in [6, 6.07) is 13.7. The van der Waals surface area contributed by atoms with Crippen LogP contribution in [0.15, 0.2) is 42.5 Å². The van der Waals surface area contributed by atoms with Crippen LogP contribution in [-0.4, -0.2) is 48.2 Å². The Labute approximate surface area is 162 Å². The van der Waals surface area contributed by atoms with E-state index in [4.69, 9.17) is 4.74 Å². The number of aliphatic hydroxyl groups is 1. The van der Waals surface area contributed by atoms with Crippen molar-refractivity contribution in [3.63, 3.8) is 0 Å². The van der Waals surface area contributed by atoms with Gasteiger partial charge in [-0.2, -0.15) is 10.2 Å². The Bertz CT molecular complexity index is 1090. The molecule has 0 aliphatic rings. The van der Waals surface area contributed by atoms with Crippen LogP contribution >= 0.6 is 0 Å². The van der Waals surface area contributed by atoms with Crippen molar-refractivity contribution in [1.82, 2.24) is 29.4 Å². The number of aryl methyl sites for hydroxylation is 3. The van der Waals surface area contributed by atoms with Crippen LogP contribution in [0.4, 0.5) is 0 Å². The van der Waals surface area contributed by atoms with Gasteiger partial charge in [-0.1, -0.05) is 30.3 Å². The average molecular weight is 378 g/mol. The number of fused-ring (bicyclic) bond motifs is 1. The van der Waals surface area contributed by atoms with Crippen LogP contribution in [0.1, 0.15) is 17.3 Å². The zero-order chi connectivity index (χ0) is 19.5. The van der Waals surface area contributed by atoms with Crippen LogP contribution in [0.3, 0.4) is 0 Å². The predicted octanol–water partition coefficient (Wildman–Crippen LogP) is 2.08. The van der Waals surface area contributed by atoms with Gasteiger partial charge in [0.15, 0.2) is 23.0 Å². The van der Waals surface area contributed by atoms with Gasteiger partial charge in [-0.3, -0.25) is 0 Å². The lowest BCUT2D eigenvalue weighted by Gasteiger charge is -2.02. The van der Waals surface area contributed by atoms with Gasteiger partial charge in [-0.15, -0.1) is 0 Å². The minimum absolute atomic E-state index is 0.00754. The van der Waals surface area contributed by atoms with E-state index in [0.717, 1.165) is 17.1 Å². The van der Waals surface area contributed by atoms with Crippen molar-refractivity contribution < 1.29 is 9.84 Å². The summed E-state index contributed by atoms with van der Waals surface area (Å²) in [4.78, 5) is 9.29. The second kappa shape index (κ2) is 7.77. The lowest BCUT2D eigenvalue weighted by molar-refractivity contribution is 0.267. The average Bonchev–Trinajstić information content (AvgIpc) is 3.33. The third kappa shape index (κ3) is 3.46. The highest BCUT2D eigenvalue weighted by atomic mass is 16.5. The molecule has 1 aromatic carbocycles. The van der Waals surface area contributed by atoms with Gasteiger partial charge in [0.25, 0.3) is 0 Å². The molecule has 0 atom stereocenters. The summed E-state index contributed by atoms with van der Waals surface area (Å²) < 4.78 is 8.93. The van der Waals surface area contributed by atoms with Gasteiger partial charge in [0.1, 0.15) is 5.82 Å². The molecule has 144 valence electrons. The third-order valence-electron chi connectivity index (χ3n) is 4.57. The van der Waals surface area contributed by atoms with Crippen molar-refractivity contribution in [2.75, 3.05) is 13.7 Å². The van der Waals surface area contributed by atoms with Crippen molar-refractivity contribution in [1.29, 1.82) is 0 Å². The minimum atomic E-state index is 0.00754. The molecule has 0 aliphatic heterocycles. The molecule has 0 saturated carbocycles. The largest absolute Gasteiger partial charge is 0.493 e. The number of nitrogens with zero attached hydrogens (tertiary/aromatic N) is 6. The SMILES string of the molecule is COc1ccc(C)n2nc(CCc3nc(-c4ccccc4)nn3CCO)nc12. The number of benzene rings is 1. The smallest absolute Gasteiger partial charge is 0.198 e. The molecule has 0 unspecified atom stereocenters. The molecule has 0 radical (unpaired) electrons. The first-order chi connectivity index (χ1) is 13.7. The van der Waals surface area contributed by atoms with E-state index in [9.17, 15) is 5.11 Å². The molecular weight excluding hydrogens is 356 g/mol. The molecule has 3 aromatic heterocycles. The maximum atomic E-state index is 9.36. The number of hydrogen-bond acceptors (Lipinski definition) is 6. The molecule has 0 saturated heterocycles. The van der Waals surface area contributed by atoms with Gasteiger partial charge in [0, 0.05) is 24.1 Å². The lowest BCUT2D eigenvalue weighted by Crippen LogP contribution is -2.10. The molecule has 0 aliphatic carbocycles. The van der Waals surface area contributed by atoms with E-state index in [2.05, 4.69) is 20.2 Å². The summed E-state index contributed by atoms with van der Waals surface area (Å²) in [5.41, 5.74) is 2.65. The van der Waals surface area contributed by atoms with Crippen molar-refractivity contribution in [3.8, 4) is 17.1 Å². The Kier molecular flexibility index (Phi) is 5.03. The van der Waals surface area contributed by atoms with Crippen LogP contribution in [0, 0.1) is 6.92 Å². The molecule has 8 nitrogen and oxygen atoms in total. The highest BCUT2D eigenvalue weighted by Gasteiger charge is 2.14. The molecular formula is C20H22N6O2. The molecule has 8 heteroatoms. The summed E-state index contributed by atoms with van der Waals surface area (Å²) in [6.45, 7) is 2.39. The van der Waals surface area contributed by atoms with Crippen LogP contribution in [-0.2, 0) is 19.4 Å². The quantitative estimate of drug-likeness (QED) is 0.530. The zero-order valence-electron chi connectivity index (χ0n) is 15.9. The van der Waals surface area contributed by atoms with Crippen LogP contribution in [0.5, 0.6) is 5.75 Å². The first-order valence-electron chi connectivity index (χ1n) is 9.19. The monoisotopic (exact) mass is 378 g/mol. The molecule has 28 heavy (non-hydrogen) atoms. The van der Waals surface area contributed by atoms with E-state index in [1.54, 1.807) is 16.3 Å². The van der Waals surface area contributed by atoms with E-state index >= 15 is 0 Å². The molecule has 3 heterocycles. The van der Waals surface area contributed by atoms with E-state index in [0.29, 0.717) is 42.4 Å². The van der Waals surface area contributed by atoms with Crippen LogP contribution in [0.25, 0.3) is 17.0 Å². The highest BCUT2D eigenvalue weighted by Crippen LogP contribution is 2.20. The topological polar surface area (TPSA) is 90.4 Å². The van der Waals surface area contributed by atoms with E-state index in [1.807, 2.05) is 49.4 Å². The van der Waals surface area contributed by atoms with Gasteiger partial charge in [-0.25, -0.2) is 19.2 Å². The summed E-state index contributed by atoms with van der Waals surface area (Å²) in [6.07, 6.45) is 1.24. The number of hydrogen-bond donors (Lipinski definition) is 1. The molecule has 0 spiro atoms. The summed E-state index contributed by atoms with van der Waals surface area (Å²) in [5.74, 6) is 2.87. The zero-order valence-corrected chi connectivity index (χ0v) is 15.9. The lowest BCUT2D eigenvalue weighted by atomic mass is 10.2. The Morgan fingerprint density at radius 1 is 1.00 bits per heavy atom. The first kappa shape index (κ1) is 18.1. The van der Waals surface area contributed by atoms with Crippen molar-refractivity contribution in [2.45, 2.75) is 26.3 Å². The summed E-state index contributed by atoms with van der Waals surface area (Å²) in [5, 5.41) is 18.5. The molecule has 0 amide bonds. The molecule has 0 bridgehead atoms. The van der Waals surface area contributed by atoms with Gasteiger partial charge in [0.2, 0.25) is 0 Å². The number of ether oxygens (including phenoxy) is 1. The number of rotatable bonds is 7. The number of aliphatic hydroxyl groups excluding tert-OH is 1. The first-order valence-corrected chi connectivity index (χ1v) is 9.19. The van der Waals surface area contributed by atoms with Gasteiger partial charge >= 0.3 is 0 Å². The third-order valence-corrected chi connectivity index (χ3v) is 4.57. The number of methoxy groups -OCH3 is 1. The Balaban J connectivity index is 1.60. The fourth-order valence-electron chi connectivity index (χ4n) is 3.13. The summed E-state index contributed by atoms with van der Waals surface area (Å²) >= 11 is 0. The summed E-state index contributed by atoms with van der Waals surface area (Å²) in [7, 11) is 1.63. The fourth-order valence-corrected chi connectivity index (χ4v) is 3.13.